The van der Waals surface area contributed by atoms with Crippen LogP contribution in [0, 0.1) is 5.41 Å². The second-order valence-electron chi connectivity index (χ2n) is 5.32. The van der Waals surface area contributed by atoms with E-state index in [2.05, 4.69) is 5.32 Å². The Morgan fingerprint density at radius 3 is 2.33 bits per heavy atom. The van der Waals surface area contributed by atoms with Gasteiger partial charge in [0.1, 0.15) is 5.75 Å². The first-order valence-corrected chi connectivity index (χ1v) is 5.55. The summed E-state index contributed by atoms with van der Waals surface area (Å²) >= 11 is 0. The zero-order chi connectivity index (χ0) is 13.9. The molecule has 3 N–H and O–H groups in total. The van der Waals surface area contributed by atoms with E-state index in [9.17, 15) is 14.7 Å². The Morgan fingerprint density at radius 1 is 1.28 bits per heavy atom. The van der Waals surface area contributed by atoms with Crippen LogP contribution in [-0.4, -0.2) is 22.1 Å². The van der Waals surface area contributed by atoms with Crippen molar-refractivity contribution in [3.63, 3.8) is 0 Å². The summed E-state index contributed by atoms with van der Waals surface area (Å²) in [7, 11) is 0. The van der Waals surface area contributed by atoms with Crippen molar-refractivity contribution in [3.8, 4) is 5.75 Å². The minimum Gasteiger partial charge on any atom is -0.506 e. The average molecular weight is 251 g/mol. The third-order valence-corrected chi connectivity index (χ3v) is 2.21. The number of hydrogen-bond acceptors (Lipinski definition) is 3. The van der Waals surface area contributed by atoms with E-state index in [0.717, 1.165) is 6.07 Å². The van der Waals surface area contributed by atoms with Gasteiger partial charge in [0.05, 0.1) is 11.3 Å². The summed E-state index contributed by atoms with van der Waals surface area (Å²) in [6.07, 6.45) is 0.313. The third-order valence-electron chi connectivity index (χ3n) is 2.21. The predicted molar refractivity (Wildman–Crippen MR) is 67.8 cm³/mol. The van der Waals surface area contributed by atoms with Gasteiger partial charge in [0, 0.05) is 6.42 Å². The van der Waals surface area contributed by atoms with Crippen LogP contribution in [0.5, 0.6) is 5.75 Å². The maximum Gasteiger partial charge on any atom is 0.335 e. The predicted octanol–water partition coefficient (Wildman–Crippen LogP) is 2.47. The summed E-state index contributed by atoms with van der Waals surface area (Å²) < 4.78 is 0. The number of phenolic OH excluding ortho intramolecular Hbond substituents is 1. The molecule has 0 atom stereocenters. The fraction of sp³-hybridized carbons (Fsp3) is 0.385. The molecule has 0 fully saturated rings. The van der Waals surface area contributed by atoms with Crippen LogP contribution in [0.25, 0.3) is 0 Å². The molecular formula is C13H17NO4. The first kappa shape index (κ1) is 14.0. The molecule has 0 aliphatic rings. The molecule has 0 spiro atoms. The lowest BCUT2D eigenvalue weighted by Crippen LogP contribution is -2.19. The van der Waals surface area contributed by atoms with Crippen LogP contribution < -0.4 is 5.32 Å². The van der Waals surface area contributed by atoms with Crippen molar-refractivity contribution < 1.29 is 19.8 Å². The van der Waals surface area contributed by atoms with E-state index in [0.29, 0.717) is 6.42 Å². The number of benzene rings is 1. The minimum absolute atomic E-state index is 0.0266. The Morgan fingerprint density at radius 2 is 1.89 bits per heavy atom. The molecule has 0 unspecified atom stereocenters. The van der Waals surface area contributed by atoms with Crippen molar-refractivity contribution in [2.75, 3.05) is 5.32 Å². The molecule has 1 aromatic carbocycles. The number of aromatic hydroxyl groups is 1. The maximum atomic E-state index is 11.7. The van der Waals surface area contributed by atoms with Crippen molar-refractivity contribution in [1.82, 2.24) is 0 Å². The van der Waals surface area contributed by atoms with Crippen LogP contribution in [0.2, 0.25) is 0 Å². The third kappa shape index (κ3) is 4.08. The average Bonchev–Trinajstić information content (AvgIpc) is 2.17. The fourth-order valence-corrected chi connectivity index (χ4v) is 1.45. The minimum atomic E-state index is -1.13. The standard InChI is InChI=1S/C13H17NO4/c1-13(2,3)7-11(16)14-9-5-4-8(12(17)18)6-10(9)15/h4-6,15H,7H2,1-3H3,(H,14,16)(H,17,18). The summed E-state index contributed by atoms with van der Waals surface area (Å²) in [5.74, 6) is -1.60. The lowest BCUT2D eigenvalue weighted by atomic mass is 9.92. The van der Waals surface area contributed by atoms with E-state index in [1.807, 2.05) is 20.8 Å². The van der Waals surface area contributed by atoms with Crippen molar-refractivity contribution in [1.29, 1.82) is 0 Å². The Kier molecular flexibility index (Phi) is 3.96. The topological polar surface area (TPSA) is 86.6 Å². The fourth-order valence-electron chi connectivity index (χ4n) is 1.45. The maximum absolute atomic E-state index is 11.7. The highest BCUT2D eigenvalue weighted by atomic mass is 16.4. The van der Waals surface area contributed by atoms with Crippen molar-refractivity contribution in [2.45, 2.75) is 27.2 Å². The first-order chi connectivity index (χ1) is 8.19. The Labute approximate surface area is 105 Å². The summed E-state index contributed by atoms with van der Waals surface area (Å²) in [5.41, 5.74) is 0.0383. The summed E-state index contributed by atoms with van der Waals surface area (Å²) in [5, 5.41) is 20.9. The number of hydrogen-bond donors (Lipinski definition) is 3. The van der Waals surface area contributed by atoms with Gasteiger partial charge in [-0.3, -0.25) is 4.79 Å². The van der Waals surface area contributed by atoms with E-state index in [4.69, 9.17) is 5.11 Å². The Balaban J connectivity index is 2.80. The number of anilines is 1. The molecule has 0 aliphatic carbocycles. The van der Waals surface area contributed by atoms with Crippen LogP contribution in [0.1, 0.15) is 37.6 Å². The molecule has 0 heterocycles. The molecule has 0 aromatic heterocycles. The number of rotatable bonds is 3. The van der Waals surface area contributed by atoms with Gasteiger partial charge in [-0.15, -0.1) is 0 Å². The van der Waals surface area contributed by atoms with Crippen LogP contribution in [0.4, 0.5) is 5.69 Å². The van der Waals surface area contributed by atoms with Crippen LogP contribution >= 0.6 is 0 Å². The first-order valence-electron chi connectivity index (χ1n) is 5.55. The van der Waals surface area contributed by atoms with E-state index in [1.165, 1.54) is 12.1 Å². The molecule has 1 aromatic rings. The molecule has 5 heteroatoms. The molecular weight excluding hydrogens is 234 g/mol. The number of carboxylic acids is 1. The van der Waals surface area contributed by atoms with Gasteiger partial charge in [0.2, 0.25) is 5.91 Å². The Hall–Kier alpha value is -2.04. The van der Waals surface area contributed by atoms with E-state index in [1.54, 1.807) is 0 Å². The van der Waals surface area contributed by atoms with Crippen LogP contribution in [0.3, 0.4) is 0 Å². The molecule has 5 nitrogen and oxygen atoms in total. The quantitative estimate of drug-likeness (QED) is 0.720. The molecule has 1 amide bonds. The highest BCUT2D eigenvalue weighted by Crippen LogP contribution is 2.26. The van der Waals surface area contributed by atoms with Gasteiger partial charge in [-0.25, -0.2) is 4.79 Å². The monoisotopic (exact) mass is 251 g/mol. The molecule has 1 rings (SSSR count). The van der Waals surface area contributed by atoms with Gasteiger partial charge < -0.3 is 15.5 Å². The summed E-state index contributed by atoms with van der Waals surface area (Å²) in [6, 6.07) is 3.81. The van der Waals surface area contributed by atoms with Crippen molar-refractivity contribution in [2.24, 2.45) is 5.41 Å². The summed E-state index contributed by atoms with van der Waals surface area (Å²) in [6.45, 7) is 5.79. The number of carboxylic acid groups (broad SMARTS) is 1. The number of carbonyl (C=O) groups excluding carboxylic acids is 1. The smallest absolute Gasteiger partial charge is 0.335 e. The number of phenols is 1. The van der Waals surface area contributed by atoms with Gasteiger partial charge >= 0.3 is 5.97 Å². The molecule has 0 bridgehead atoms. The van der Waals surface area contributed by atoms with E-state index in [-0.39, 0.29) is 28.3 Å². The number of amides is 1. The number of nitrogens with one attached hydrogen (secondary N) is 1. The van der Waals surface area contributed by atoms with Gasteiger partial charge in [0.15, 0.2) is 0 Å². The molecule has 0 aliphatic heterocycles. The molecule has 0 saturated carbocycles. The van der Waals surface area contributed by atoms with E-state index < -0.39 is 5.97 Å². The second kappa shape index (κ2) is 5.08. The SMILES string of the molecule is CC(C)(C)CC(=O)Nc1ccc(C(=O)O)cc1O. The summed E-state index contributed by atoms with van der Waals surface area (Å²) in [4.78, 5) is 22.3. The largest absolute Gasteiger partial charge is 0.506 e. The van der Waals surface area contributed by atoms with Gasteiger partial charge in [-0.1, -0.05) is 20.8 Å². The van der Waals surface area contributed by atoms with Crippen LogP contribution in [-0.2, 0) is 4.79 Å². The number of aromatic carboxylic acids is 1. The van der Waals surface area contributed by atoms with Crippen LogP contribution in [0.15, 0.2) is 18.2 Å². The number of carbonyl (C=O) groups is 2. The van der Waals surface area contributed by atoms with Gasteiger partial charge in [0.25, 0.3) is 0 Å². The van der Waals surface area contributed by atoms with Gasteiger partial charge in [-0.05, 0) is 23.6 Å². The van der Waals surface area contributed by atoms with Crippen molar-refractivity contribution >= 4 is 17.6 Å². The molecule has 18 heavy (non-hydrogen) atoms. The lowest BCUT2D eigenvalue weighted by Gasteiger charge is -2.17. The highest BCUT2D eigenvalue weighted by Gasteiger charge is 2.17. The van der Waals surface area contributed by atoms with Gasteiger partial charge in [-0.2, -0.15) is 0 Å². The lowest BCUT2D eigenvalue weighted by molar-refractivity contribution is -0.117. The molecule has 98 valence electrons. The zero-order valence-corrected chi connectivity index (χ0v) is 10.7. The van der Waals surface area contributed by atoms with E-state index >= 15 is 0 Å². The Bertz CT molecular complexity index is 474. The molecule has 0 radical (unpaired) electrons. The van der Waals surface area contributed by atoms with Crippen molar-refractivity contribution in [3.05, 3.63) is 23.8 Å². The second-order valence-corrected chi connectivity index (χ2v) is 5.32. The normalized spacial score (nSPS) is 11.1. The molecule has 0 saturated heterocycles. The zero-order valence-electron chi connectivity index (χ0n) is 10.7. The highest BCUT2D eigenvalue weighted by molar-refractivity contribution is 5.94.